The maximum Gasteiger partial charge on any atom is 0.00225 e. The van der Waals surface area contributed by atoms with Gasteiger partial charge in [-0.3, -0.25) is 0 Å². The molecule has 0 rings (SSSR count). The number of nitrogens with one attached hydrogen (secondary N) is 2. The Morgan fingerprint density at radius 3 is 2.00 bits per heavy atom. The predicted molar refractivity (Wildman–Crippen MR) is 66.9 cm³/mol. The average molecular weight is 216 g/mol. The van der Waals surface area contributed by atoms with Crippen molar-refractivity contribution in [3.05, 3.63) is 0 Å². The van der Waals surface area contributed by atoms with Crippen LogP contribution in [0.5, 0.6) is 0 Å². The fraction of sp³-hybridized carbons (Fsp3) is 1.00. The molecule has 0 aromatic heterocycles. The van der Waals surface area contributed by atoms with Gasteiger partial charge in [0.2, 0.25) is 0 Å². The number of unbranched alkanes of at least 4 members (excludes halogenated alkanes) is 1. The van der Waals surface area contributed by atoms with Crippen molar-refractivity contribution in [2.45, 2.75) is 38.6 Å². The molecule has 0 radical (unpaired) electrons. The number of rotatable bonds is 11. The van der Waals surface area contributed by atoms with Crippen LogP contribution < -0.4 is 22.1 Å². The second-order valence-corrected chi connectivity index (χ2v) is 4.12. The molecular formula is C11H28N4. The normalized spacial score (nSPS) is 13.0. The van der Waals surface area contributed by atoms with Crippen LogP contribution in [0.15, 0.2) is 0 Å². The van der Waals surface area contributed by atoms with Crippen LogP contribution in [0.1, 0.15) is 32.6 Å². The molecule has 4 nitrogen and oxygen atoms in total. The van der Waals surface area contributed by atoms with Crippen molar-refractivity contribution in [3.63, 3.8) is 0 Å². The summed E-state index contributed by atoms with van der Waals surface area (Å²) in [5.41, 5.74) is 11.0. The lowest BCUT2D eigenvalue weighted by molar-refractivity contribution is 0.550. The maximum absolute atomic E-state index is 5.64. The van der Waals surface area contributed by atoms with Crippen molar-refractivity contribution in [2.75, 3.05) is 32.7 Å². The Labute approximate surface area is 94.2 Å². The Kier molecular flexibility index (Phi) is 11.8. The van der Waals surface area contributed by atoms with Crippen LogP contribution in [0.4, 0.5) is 0 Å². The summed E-state index contributed by atoms with van der Waals surface area (Å²) in [5.74, 6) is 0. The molecule has 0 saturated carbocycles. The Hall–Kier alpha value is -0.160. The first-order valence-corrected chi connectivity index (χ1v) is 6.14. The van der Waals surface area contributed by atoms with E-state index >= 15 is 0 Å². The third-order valence-corrected chi connectivity index (χ3v) is 2.29. The topological polar surface area (TPSA) is 76.1 Å². The van der Waals surface area contributed by atoms with E-state index in [2.05, 4.69) is 10.6 Å². The Bertz CT molecular complexity index is 117. The standard InChI is InChI=1S/C11H28N4/c1-11(13)5-10-15-8-3-2-7-14-9-4-6-12/h11,14-15H,2-10,12-13H2,1H3/t11-/m1/s1. The van der Waals surface area contributed by atoms with Gasteiger partial charge in [0.25, 0.3) is 0 Å². The summed E-state index contributed by atoms with van der Waals surface area (Å²) in [5, 5.41) is 6.76. The molecule has 0 aliphatic carbocycles. The van der Waals surface area contributed by atoms with Crippen LogP contribution in [0.25, 0.3) is 0 Å². The zero-order valence-electron chi connectivity index (χ0n) is 10.1. The molecule has 0 aromatic rings. The van der Waals surface area contributed by atoms with Gasteiger partial charge in [-0.05, 0) is 65.3 Å². The molecule has 0 unspecified atom stereocenters. The Morgan fingerprint density at radius 1 is 0.933 bits per heavy atom. The van der Waals surface area contributed by atoms with E-state index in [0.717, 1.165) is 45.6 Å². The van der Waals surface area contributed by atoms with Gasteiger partial charge in [-0.2, -0.15) is 0 Å². The van der Waals surface area contributed by atoms with E-state index in [4.69, 9.17) is 11.5 Å². The van der Waals surface area contributed by atoms with Crippen molar-refractivity contribution in [3.8, 4) is 0 Å². The van der Waals surface area contributed by atoms with Gasteiger partial charge < -0.3 is 22.1 Å². The van der Waals surface area contributed by atoms with E-state index < -0.39 is 0 Å². The first-order valence-electron chi connectivity index (χ1n) is 6.14. The van der Waals surface area contributed by atoms with Crippen molar-refractivity contribution in [2.24, 2.45) is 11.5 Å². The van der Waals surface area contributed by atoms with Gasteiger partial charge >= 0.3 is 0 Å². The van der Waals surface area contributed by atoms with Crippen LogP contribution >= 0.6 is 0 Å². The van der Waals surface area contributed by atoms with Crippen LogP contribution in [-0.2, 0) is 0 Å². The number of hydrogen-bond donors (Lipinski definition) is 4. The highest BCUT2D eigenvalue weighted by atomic mass is 14.9. The van der Waals surface area contributed by atoms with E-state index in [9.17, 15) is 0 Å². The summed E-state index contributed by atoms with van der Waals surface area (Å²) in [6.45, 7) is 7.13. The van der Waals surface area contributed by atoms with Gasteiger partial charge in [0, 0.05) is 6.04 Å². The zero-order valence-corrected chi connectivity index (χ0v) is 10.1. The average Bonchev–Trinajstić information content (AvgIpc) is 2.20. The van der Waals surface area contributed by atoms with Gasteiger partial charge in [-0.25, -0.2) is 0 Å². The summed E-state index contributed by atoms with van der Waals surface area (Å²) >= 11 is 0. The maximum atomic E-state index is 5.64. The second-order valence-electron chi connectivity index (χ2n) is 4.12. The highest BCUT2D eigenvalue weighted by molar-refractivity contribution is 4.57. The largest absolute Gasteiger partial charge is 0.330 e. The SMILES string of the molecule is C[C@@H](N)CCNCCCCNCCCN. The van der Waals surface area contributed by atoms with Crippen molar-refractivity contribution in [1.29, 1.82) is 0 Å². The fourth-order valence-corrected chi connectivity index (χ4v) is 1.31. The van der Waals surface area contributed by atoms with Crippen LogP contribution in [-0.4, -0.2) is 38.8 Å². The lowest BCUT2D eigenvalue weighted by atomic mass is 10.2. The second kappa shape index (κ2) is 11.9. The van der Waals surface area contributed by atoms with E-state index in [1.165, 1.54) is 12.8 Å². The smallest absolute Gasteiger partial charge is 0.00225 e. The van der Waals surface area contributed by atoms with E-state index in [0.29, 0.717) is 6.04 Å². The first-order chi connectivity index (χ1) is 7.27. The van der Waals surface area contributed by atoms with Crippen molar-refractivity contribution < 1.29 is 0 Å². The molecule has 0 aliphatic heterocycles. The molecule has 0 heterocycles. The van der Waals surface area contributed by atoms with Crippen LogP contribution in [0, 0.1) is 0 Å². The molecule has 6 N–H and O–H groups in total. The molecule has 0 fully saturated rings. The molecule has 0 saturated heterocycles. The van der Waals surface area contributed by atoms with Crippen LogP contribution in [0.3, 0.4) is 0 Å². The van der Waals surface area contributed by atoms with Gasteiger partial charge in [-0.1, -0.05) is 0 Å². The lowest BCUT2D eigenvalue weighted by Gasteiger charge is -2.07. The van der Waals surface area contributed by atoms with Crippen molar-refractivity contribution >= 4 is 0 Å². The van der Waals surface area contributed by atoms with E-state index in [-0.39, 0.29) is 0 Å². The molecule has 0 bridgehead atoms. The Balaban J connectivity index is 2.87. The summed E-state index contributed by atoms with van der Waals surface area (Å²) in [4.78, 5) is 0. The fourth-order valence-electron chi connectivity index (χ4n) is 1.31. The molecule has 92 valence electrons. The van der Waals surface area contributed by atoms with Crippen molar-refractivity contribution in [1.82, 2.24) is 10.6 Å². The minimum Gasteiger partial charge on any atom is -0.330 e. The number of hydrogen-bond acceptors (Lipinski definition) is 4. The van der Waals surface area contributed by atoms with Gasteiger partial charge in [-0.15, -0.1) is 0 Å². The molecule has 0 aromatic carbocycles. The quantitative estimate of drug-likeness (QED) is 0.368. The molecule has 0 aliphatic rings. The molecule has 15 heavy (non-hydrogen) atoms. The highest BCUT2D eigenvalue weighted by Crippen LogP contribution is 1.87. The monoisotopic (exact) mass is 216 g/mol. The molecule has 4 heteroatoms. The highest BCUT2D eigenvalue weighted by Gasteiger charge is 1.93. The summed E-state index contributed by atoms with van der Waals surface area (Å²) in [7, 11) is 0. The Morgan fingerprint density at radius 2 is 1.47 bits per heavy atom. The first kappa shape index (κ1) is 14.8. The van der Waals surface area contributed by atoms with E-state index in [1.54, 1.807) is 0 Å². The van der Waals surface area contributed by atoms with Gasteiger partial charge in [0.1, 0.15) is 0 Å². The summed E-state index contributed by atoms with van der Waals surface area (Å²) in [6.07, 6.45) is 4.60. The molecule has 1 atom stereocenters. The summed E-state index contributed by atoms with van der Waals surface area (Å²) < 4.78 is 0. The zero-order chi connectivity index (χ0) is 11.4. The van der Waals surface area contributed by atoms with E-state index in [1.807, 2.05) is 6.92 Å². The van der Waals surface area contributed by atoms with Gasteiger partial charge in [0.05, 0.1) is 0 Å². The minimum absolute atomic E-state index is 0.315. The minimum atomic E-state index is 0.315. The van der Waals surface area contributed by atoms with Crippen LogP contribution in [0.2, 0.25) is 0 Å². The number of nitrogens with two attached hydrogens (primary N) is 2. The molecule has 0 spiro atoms. The third-order valence-electron chi connectivity index (χ3n) is 2.29. The van der Waals surface area contributed by atoms with Gasteiger partial charge in [0.15, 0.2) is 0 Å². The predicted octanol–water partition coefficient (Wildman–Crippen LogP) is 0.0319. The third kappa shape index (κ3) is 13.8. The molecular weight excluding hydrogens is 188 g/mol. The molecule has 0 amide bonds. The summed E-state index contributed by atoms with van der Waals surface area (Å²) in [6, 6.07) is 0.315. The lowest BCUT2D eigenvalue weighted by Crippen LogP contribution is -2.25.